The summed E-state index contributed by atoms with van der Waals surface area (Å²) in [5.41, 5.74) is 1.68. The molecular formula is C25H31N5O4S. The van der Waals surface area contributed by atoms with Crippen molar-refractivity contribution in [1.82, 2.24) is 14.8 Å². The van der Waals surface area contributed by atoms with Gasteiger partial charge in [0.2, 0.25) is 0 Å². The Morgan fingerprint density at radius 1 is 1.23 bits per heavy atom. The first-order chi connectivity index (χ1) is 16.7. The Balaban J connectivity index is 1.49. The van der Waals surface area contributed by atoms with Crippen molar-refractivity contribution in [2.45, 2.75) is 30.3 Å². The van der Waals surface area contributed by atoms with Gasteiger partial charge in [0, 0.05) is 56.1 Å². The highest BCUT2D eigenvalue weighted by Crippen LogP contribution is 2.27. The second-order valence-electron chi connectivity index (χ2n) is 8.96. The van der Waals surface area contributed by atoms with Gasteiger partial charge in [-0.3, -0.25) is 9.69 Å². The standard InChI is InChI=1S/C25H31N5O4S/c1-29(2)17-27-35(32,33)22-7-9-24(34-3)19(14-22)15-30-12-4-5-21(16-30)28-20-6-8-23-18(13-20)10-11-26-25(23)31/h6-11,13-14,17,21,28H,4-5,12,15-16H2,1-3H3,(H,26,31)/t21-/m1/s1. The number of sulfonamides is 1. The number of hydrogen-bond donors (Lipinski definition) is 2. The topological polar surface area (TPSA) is 107 Å². The van der Waals surface area contributed by atoms with Crippen molar-refractivity contribution in [3.63, 3.8) is 0 Å². The molecule has 0 unspecified atom stereocenters. The Hall–Kier alpha value is -3.37. The summed E-state index contributed by atoms with van der Waals surface area (Å²) < 4.78 is 34.5. The lowest BCUT2D eigenvalue weighted by Crippen LogP contribution is -2.41. The maximum Gasteiger partial charge on any atom is 0.283 e. The summed E-state index contributed by atoms with van der Waals surface area (Å²) in [5.74, 6) is 0.648. The molecule has 35 heavy (non-hydrogen) atoms. The van der Waals surface area contributed by atoms with E-state index in [4.69, 9.17) is 4.74 Å². The molecule has 1 aromatic heterocycles. The monoisotopic (exact) mass is 497 g/mol. The Kier molecular flexibility index (Phi) is 7.42. The summed E-state index contributed by atoms with van der Waals surface area (Å²) >= 11 is 0. The quantitative estimate of drug-likeness (QED) is 0.364. The largest absolute Gasteiger partial charge is 0.496 e. The Morgan fingerprint density at radius 2 is 2.06 bits per heavy atom. The van der Waals surface area contributed by atoms with E-state index in [9.17, 15) is 13.2 Å². The number of pyridine rings is 1. The Labute approximate surface area is 205 Å². The number of rotatable bonds is 8. The number of hydrogen-bond acceptors (Lipinski definition) is 6. The number of ether oxygens (including phenoxy) is 1. The van der Waals surface area contributed by atoms with Crippen LogP contribution in [0.1, 0.15) is 18.4 Å². The van der Waals surface area contributed by atoms with Crippen molar-refractivity contribution in [1.29, 1.82) is 0 Å². The van der Waals surface area contributed by atoms with Crippen LogP contribution in [0, 0.1) is 0 Å². The van der Waals surface area contributed by atoms with Crippen LogP contribution >= 0.6 is 0 Å². The van der Waals surface area contributed by atoms with Crippen LogP contribution in [0.2, 0.25) is 0 Å². The maximum atomic E-state index is 12.6. The molecule has 0 amide bonds. The number of aromatic amines is 1. The number of anilines is 1. The van der Waals surface area contributed by atoms with Crippen LogP contribution in [-0.2, 0) is 16.6 Å². The van der Waals surface area contributed by atoms with E-state index in [2.05, 4.69) is 19.6 Å². The summed E-state index contributed by atoms with van der Waals surface area (Å²) in [4.78, 5) is 18.7. The number of benzene rings is 2. The molecule has 1 saturated heterocycles. The first-order valence-electron chi connectivity index (χ1n) is 11.5. The minimum absolute atomic E-state index is 0.0940. The van der Waals surface area contributed by atoms with E-state index in [0.717, 1.165) is 42.6 Å². The van der Waals surface area contributed by atoms with Crippen LogP contribution in [0.4, 0.5) is 5.69 Å². The summed E-state index contributed by atoms with van der Waals surface area (Å²) in [6.07, 6.45) is 4.97. The second-order valence-corrected chi connectivity index (χ2v) is 10.6. The van der Waals surface area contributed by atoms with Crippen molar-refractivity contribution < 1.29 is 13.2 Å². The molecule has 10 heteroatoms. The van der Waals surface area contributed by atoms with Crippen molar-refractivity contribution in [3.05, 3.63) is 64.6 Å². The van der Waals surface area contributed by atoms with Crippen LogP contribution < -0.4 is 15.6 Å². The molecule has 1 aliphatic heterocycles. The average molecular weight is 498 g/mol. The van der Waals surface area contributed by atoms with Crippen molar-refractivity contribution in [2.24, 2.45) is 4.40 Å². The first-order valence-corrected chi connectivity index (χ1v) is 12.9. The zero-order chi connectivity index (χ0) is 25.0. The molecule has 0 spiro atoms. The summed E-state index contributed by atoms with van der Waals surface area (Å²) in [6, 6.07) is 12.7. The summed E-state index contributed by atoms with van der Waals surface area (Å²) in [6.45, 7) is 2.27. The lowest BCUT2D eigenvalue weighted by Gasteiger charge is -2.34. The van der Waals surface area contributed by atoms with E-state index in [1.807, 2.05) is 24.3 Å². The number of aromatic nitrogens is 1. The summed E-state index contributed by atoms with van der Waals surface area (Å²) in [5, 5.41) is 5.16. The predicted octanol–water partition coefficient (Wildman–Crippen LogP) is 2.89. The molecule has 9 nitrogen and oxygen atoms in total. The van der Waals surface area contributed by atoms with Gasteiger partial charge in [-0.05, 0) is 67.2 Å². The minimum Gasteiger partial charge on any atom is -0.496 e. The fourth-order valence-electron chi connectivity index (χ4n) is 4.33. The summed E-state index contributed by atoms with van der Waals surface area (Å²) in [7, 11) is 1.22. The smallest absolute Gasteiger partial charge is 0.283 e. The fourth-order valence-corrected chi connectivity index (χ4v) is 5.30. The molecule has 1 aliphatic rings. The van der Waals surface area contributed by atoms with Crippen LogP contribution in [0.25, 0.3) is 10.8 Å². The predicted molar refractivity (Wildman–Crippen MR) is 139 cm³/mol. The molecule has 4 rings (SSSR count). The van der Waals surface area contributed by atoms with Gasteiger partial charge in [0.05, 0.1) is 12.0 Å². The maximum absolute atomic E-state index is 12.6. The molecule has 0 aliphatic carbocycles. The van der Waals surface area contributed by atoms with E-state index >= 15 is 0 Å². The van der Waals surface area contributed by atoms with Gasteiger partial charge in [-0.1, -0.05) is 0 Å². The van der Waals surface area contributed by atoms with Gasteiger partial charge in [0.15, 0.2) is 0 Å². The lowest BCUT2D eigenvalue weighted by atomic mass is 10.0. The highest BCUT2D eigenvalue weighted by atomic mass is 32.2. The number of H-pyrrole nitrogens is 1. The molecule has 186 valence electrons. The lowest BCUT2D eigenvalue weighted by molar-refractivity contribution is 0.206. The molecule has 2 aromatic carbocycles. The molecule has 2 heterocycles. The molecule has 1 fully saturated rings. The highest BCUT2D eigenvalue weighted by molar-refractivity contribution is 7.90. The normalized spacial score (nSPS) is 17.1. The van der Waals surface area contributed by atoms with Crippen molar-refractivity contribution in [2.75, 3.05) is 39.6 Å². The third-order valence-electron chi connectivity index (χ3n) is 6.01. The molecule has 1 atom stereocenters. The van der Waals surface area contributed by atoms with Crippen LogP contribution in [0.15, 0.2) is 62.7 Å². The van der Waals surface area contributed by atoms with Crippen LogP contribution in [0.5, 0.6) is 5.75 Å². The average Bonchev–Trinajstić information content (AvgIpc) is 2.83. The molecule has 0 bridgehead atoms. The van der Waals surface area contributed by atoms with E-state index < -0.39 is 10.0 Å². The van der Waals surface area contributed by atoms with Crippen LogP contribution in [-0.4, -0.2) is 69.9 Å². The number of nitrogens with one attached hydrogen (secondary N) is 2. The van der Waals surface area contributed by atoms with E-state index in [0.29, 0.717) is 17.7 Å². The van der Waals surface area contributed by atoms with Gasteiger partial charge in [-0.25, -0.2) is 0 Å². The Bertz CT molecular complexity index is 1380. The number of likely N-dealkylation sites (tertiary alicyclic amines) is 1. The Morgan fingerprint density at radius 3 is 2.83 bits per heavy atom. The zero-order valence-corrected chi connectivity index (χ0v) is 21.0. The molecule has 0 saturated carbocycles. The number of fused-ring (bicyclic) bond motifs is 1. The van der Waals surface area contributed by atoms with Gasteiger partial charge in [-0.2, -0.15) is 8.42 Å². The fraction of sp³-hybridized carbons (Fsp3) is 0.360. The van der Waals surface area contributed by atoms with Crippen molar-refractivity contribution >= 4 is 32.8 Å². The van der Waals surface area contributed by atoms with E-state index in [-0.39, 0.29) is 16.5 Å². The third kappa shape index (κ3) is 6.01. The number of nitrogens with zero attached hydrogens (tertiary/aromatic N) is 3. The third-order valence-corrected chi connectivity index (χ3v) is 7.23. The molecular weight excluding hydrogens is 466 g/mol. The first kappa shape index (κ1) is 24.7. The van der Waals surface area contributed by atoms with E-state index in [1.165, 1.54) is 12.4 Å². The second kappa shape index (κ2) is 10.5. The van der Waals surface area contributed by atoms with Gasteiger partial charge in [0.1, 0.15) is 12.1 Å². The molecule has 3 aromatic rings. The van der Waals surface area contributed by atoms with Crippen molar-refractivity contribution in [3.8, 4) is 5.75 Å². The van der Waals surface area contributed by atoms with Crippen LogP contribution in [0.3, 0.4) is 0 Å². The molecule has 2 N–H and O–H groups in total. The van der Waals surface area contributed by atoms with Gasteiger partial charge < -0.3 is 19.9 Å². The SMILES string of the molecule is COc1ccc(S(=O)(=O)N=CN(C)C)cc1CN1CCC[C@@H](Nc2ccc3c(=O)[nH]ccc3c2)C1. The highest BCUT2D eigenvalue weighted by Gasteiger charge is 2.22. The number of piperidine rings is 1. The van der Waals surface area contributed by atoms with Gasteiger partial charge >= 0.3 is 0 Å². The number of methoxy groups -OCH3 is 1. The van der Waals surface area contributed by atoms with E-state index in [1.54, 1.807) is 44.4 Å². The minimum atomic E-state index is -3.80. The van der Waals surface area contributed by atoms with Gasteiger partial charge in [0.25, 0.3) is 15.6 Å². The zero-order valence-electron chi connectivity index (χ0n) is 20.2. The van der Waals surface area contributed by atoms with Gasteiger partial charge in [-0.15, -0.1) is 4.40 Å². The molecule has 0 radical (unpaired) electrons.